The first-order valence-electron chi connectivity index (χ1n) is 7.94. The van der Waals surface area contributed by atoms with Crippen molar-refractivity contribution in [2.75, 3.05) is 0 Å². The number of aromatic hydroxyl groups is 1. The van der Waals surface area contributed by atoms with E-state index in [1.165, 1.54) is 12.1 Å². The van der Waals surface area contributed by atoms with Gasteiger partial charge in [0.2, 0.25) is 5.88 Å². The topological polar surface area (TPSA) is 70.4 Å². The van der Waals surface area contributed by atoms with Crippen molar-refractivity contribution in [1.29, 1.82) is 0 Å². The van der Waals surface area contributed by atoms with E-state index < -0.39 is 11.5 Å². The molecule has 2 aromatic carbocycles. The maximum atomic E-state index is 13.6. The first-order chi connectivity index (χ1) is 12.9. The summed E-state index contributed by atoms with van der Waals surface area (Å²) < 4.78 is 14.7. The lowest BCUT2D eigenvalue weighted by molar-refractivity contribution is 0.420. The van der Waals surface area contributed by atoms with Gasteiger partial charge in [0.1, 0.15) is 11.5 Å². The van der Waals surface area contributed by atoms with Gasteiger partial charge >= 0.3 is 5.69 Å². The number of hydrogen-bond donors (Lipinski definition) is 2. The highest BCUT2D eigenvalue weighted by atomic mass is 35.5. The summed E-state index contributed by atoms with van der Waals surface area (Å²) in [6.07, 6.45) is 3.25. The third-order valence-corrected chi connectivity index (χ3v) is 4.76. The number of halogens is 3. The van der Waals surface area contributed by atoms with Crippen LogP contribution in [0.2, 0.25) is 10.0 Å². The number of aromatic amines is 1. The molecule has 0 atom stereocenters. The SMILES string of the molecule is O=c1[nH]c(/C=C2\C=Nc3cc(Cl)ccc32)c(O)n1Cc1ccc(Cl)c(F)c1. The van der Waals surface area contributed by atoms with Gasteiger partial charge in [0.15, 0.2) is 0 Å². The largest absolute Gasteiger partial charge is 0.493 e. The van der Waals surface area contributed by atoms with Crippen LogP contribution in [0, 0.1) is 5.82 Å². The van der Waals surface area contributed by atoms with Crippen LogP contribution in [0.3, 0.4) is 0 Å². The molecule has 0 amide bonds. The van der Waals surface area contributed by atoms with Gasteiger partial charge in [0.25, 0.3) is 0 Å². The van der Waals surface area contributed by atoms with Crippen LogP contribution in [0.15, 0.2) is 46.2 Å². The van der Waals surface area contributed by atoms with Crippen molar-refractivity contribution < 1.29 is 9.50 Å². The van der Waals surface area contributed by atoms with E-state index in [-0.39, 0.29) is 23.1 Å². The van der Waals surface area contributed by atoms with Gasteiger partial charge in [0, 0.05) is 22.4 Å². The van der Waals surface area contributed by atoms with Crippen LogP contribution in [0.4, 0.5) is 10.1 Å². The van der Waals surface area contributed by atoms with Crippen LogP contribution in [0.5, 0.6) is 5.88 Å². The molecule has 1 aliphatic rings. The summed E-state index contributed by atoms with van der Waals surface area (Å²) in [6, 6.07) is 9.51. The Kier molecular flexibility index (Phi) is 4.37. The first kappa shape index (κ1) is 17.6. The molecule has 0 saturated carbocycles. The Hall–Kier alpha value is -2.83. The Balaban J connectivity index is 1.69. The summed E-state index contributed by atoms with van der Waals surface area (Å²) in [5.74, 6) is -0.837. The molecule has 4 rings (SSSR count). The highest BCUT2D eigenvalue weighted by Crippen LogP contribution is 2.35. The molecule has 0 unspecified atom stereocenters. The second kappa shape index (κ2) is 6.72. The van der Waals surface area contributed by atoms with Gasteiger partial charge in [-0.3, -0.25) is 9.56 Å². The number of aromatic nitrogens is 2. The normalized spacial score (nSPS) is 14.1. The van der Waals surface area contributed by atoms with Gasteiger partial charge < -0.3 is 10.1 Å². The molecule has 8 heteroatoms. The number of fused-ring (bicyclic) bond motifs is 1. The lowest BCUT2D eigenvalue weighted by Gasteiger charge is -2.05. The average Bonchev–Trinajstić information content (AvgIpc) is 3.14. The van der Waals surface area contributed by atoms with E-state index >= 15 is 0 Å². The minimum Gasteiger partial charge on any atom is -0.493 e. The first-order valence-corrected chi connectivity index (χ1v) is 8.69. The molecule has 136 valence electrons. The van der Waals surface area contributed by atoms with Gasteiger partial charge in [-0.05, 0) is 35.9 Å². The summed E-state index contributed by atoms with van der Waals surface area (Å²) in [7, 11) is 0. The molecule has 2 heterocycles. The van der Waals surface area contributed by atoms with E-state index in [0.717, 1.165) is 15.7 Å². The second-order valence-electron chi connectivity index (χ2n) is 6.02. The van der Waals surface area contributed by atoms with Crippen LogP contribution in [-0.4, -0.2) is 20.9 Å². The van der Waals surface area contributed by atoms with E-state index in [9.17, 15) is 14.3 Å². The fraction of sp³-hybridized carbons (Fsp3) is 0.0526. The molecule has 0 saturated heterocycles. The number of benzene rings is 2. The Bertz CT molecular complexity index is 1180. The Morgan fingerprint density at radius 2 is 2.04 bits per heavy atom. The molecule has 0 radical (unpaired) electrons. The Labute approximate surface area is 163 Å². The summed E-state index contributed by atoms with van der Waals surface area (Å²) in [4.78, 5) is 19.1. The van der Waals surface area contributed by atoms with Crippen LogP contribution >= 0.6 is 23.2 Å². The molecule has 0 fully saturated rings. The van der Waals surface area contributed by atoms with Crippen LogP contribution in [-0.2, 0) is 6.54 Å². The molecule has 2 N–H and O–H groups in total. The summed E-state index contributed by atoms with van der Waals surface area (Å²) >= 11 is 11.6. The number of allylic oxidation sites excluding steroid dienone is 1. The second-order valence-corrected chi connectivity index (χ2v) is 6.87. The monoisotopic (exact) mass is 403 g/mol. The van der Waals surface area contributed by atoms with Crippen LogP contribution in [0.25, 0.3) is 11.6 Å². The predicted octanol–water partition coefficient (Wildman–Crippen LogP) is 4.63. The zero-order chi connectivity index (χ0) is 19.1. The zero-order valence-electron chi connectivity index (χ0n) is 13.7. The van der Waals surface area contributed by atoms with Crippen molar-refractivity contribution in [3.05, 3.63) is 79.6 Å². The van der Waals surface area contributed by atoms with Gasteiger partial charge in [-0.1, -0.05) is 35.3 Å². The Morgan fingerprint density at radius 1 is 1.22 bits per heavy atom. The van der Waals surface area contributed by atoms with Crippen molar-refractivity contribution in [3.8, 4) is 5.88 Å². The fourth-order valence-corrected chi connectivity index (χ4v) is 3.17. The predicted molar refractivity (Wildman–Crippen MR) is 105 cm³/mol. The van der Waals surface area contributed by atoms with Gasteiger partial charge in [-0.15, -0.1) is 0 Å². The number of aliphatic imine (C=N–C) groups is 1. The number of imidazole rings is 1. The highest BCUT2D eigenvalue weighted by Gasteiger charge is 2.17. The summed E-state index contributed by atoms with van der Waals surface area (Å²) in [5, 5.41) is 11.0. The molecule has 0 aliphatic carbocycles. The quantitative estimate of drug-likeness (QED) is 0.668. The van der Waals surface area contributed by atoms with E-state index in [0.29, 0.717) is 16.3 Å². The standard InChI is InChI=1S/C19H12Cl2FN3O2/c20-12-2-3-13-11(8-23-16(13)7-12)6-17-18(26)25(19(27)24-17)9-10-1-4-14(21)15(22)5-10/h1-8,26H,9H2,(H,24,27)/b11-6+. The van der Waals surface area contributed by atoms with Crippen molar-refractivity contribution in [2.45, 2.75) is 6.54 Å². The molecule has 5 nitrogen and oxygen atoms in total. The summed E-state index contributed by atoms with van der Waals surface area (Å²) in [5.41, 5.74) is 2.50. The van der Waals surface area contributed by atoms with Crippen LogP contribution < -0.4 is 5.69 Å². The van der Waals surface area contributed by atoms with E-state index in [2.05, 4.69) is 9.98 Å². The lowest BCUT2D eigenvalue weighted by Crippen LogP contribution is -2.17. The summed E-state index contributed by atoms with van der Waals surface area (Å²) in [6.45, 7) is -0.00128. The lowest BCUT2D eigenvalue weighted by atomic mass is 10.1. The minimum absolute atomic E-state index is 0.00128. The molecule has 1 aliphatic heterocycles. The number of hydrogen-bond acceptors (Lipinski definition) is 3. The van der Waals surface area contributed by atoms with Gasteiger partial charge in [-0.2, -0.15) is 0 Å². The van der Waals surface area contributed by atoms with Crippen molar-refractivity contribution in [1.82, 2.24) is 9.55 Å². The number of nitrogens with one attached hydrogen (secondary N) is 1. The molecule has 27 heavy (non-hydrogen) atoms. The molecule has 0 bridgehead atoms. The minimum atomic E-state index is -0.586. The van der Waals surface area contributed by atoms with E-state index in [1.807, 2.05) is 6.07 Å². The van der Waals surface area contributed by atoms with E-state index in [1.54, 1.807) is 30.5 Å². The molecule has 1 aromatic heterocycles. The van der Waals surface area contributed by atoms with Crippen molar-refractivity contribution >= 4 is 46.8 Å². The smallest absolute Gasteiger partial charge is 0.329 e. The van der Waals surface area contributed by atoms with Gasteiger partial charge in [-0.25, -0.2) is 9.18 Å². The average molecular weight is 404 g/mol. The highest BCUT2D eigenvalue weighted by molar-refractivity contribution is 6.31. The molecule has 0 spiro atoms. The fourth-order valence-electron chi connectivity index (χ4n) is 2.88. The number of H-pyrrole nitrogens is 1. The molecule has 3 aromatic rings. The third-order valence-electron chi connectivity index (χ3n) is 4.22. The van der Waals surface area contributed by atoms with Crippen molar-refractivity contribution in [2.24, 2.45) is 4.99 Å². The Morgan fingerprint density at radius 3 is 2.81 bits per heavy atom. The molecular formula is C19H12Cl2FN3O2. The number of rotatable bonds is 3. The maximum Gasteiger partial charge on any atom is 0.329 e. The van der Waals surface area contributed by atoms with E-state index in [4.69, 9.17) is 23.2 Å². The molecular weight excluding hydrogens is 392 g/mol. The third kappa shape index (κ3) is 3.29. The maximum absolute atomic E-state index is 13.6. The number of nitrogens with zero attached hydrogens (tertiary/aromatic N) is 2. The van der Waals surface area contributed by atoms with Crippen LogP contribution in [0.1, 0.15) is 16.8 Å². The van der Waals surface area contributed by atoms with Crippen molar-refractivity contribution in [3.63, 3.8) is 0 Å². The zero-order valence-corrected chi connectivity index (χ0v) is 15.2. The van der Waals surface area contributed by atoms with Gasteiger partial charge in [0.05, 0.1) is 17.3 Å².